The number of halogens is 1. The average Bonchev–Trinajstić information content (AvgIpc) is 3.00. The van der Waals surface area contributed by atoms with E-state index in [2.05, 4.69) is 20.6 Å². The van der Waals surface area contributed by atoms with E-state index in [-0.39, 0.29) is 24.0 Å². The summed E-state index contributed by atoms with van der Waals surface area (Å²) in [6.45, 7) is 7.47. The van der Waals surface area contributed by atoms with Crippen molar-refractivity contribution in [3.63, 3.8) is 0 Å². The molecule has 8 nitrogen and oxygen atoms in total. The number of hydrogen-bond acceptors (Lipinski definition) is 6. The van der Waals surface area contributed by atoms with Gasteiger partial charge >= 0.3 is 0 Å². The Morgan fingerprint density at radius 1 is 1.07 bits per heavy atom. The van der Waals surface area contributed by atoms with E-state index in [0.29, 0.717) is 42.2 Å². The topological polar surface area (TPSA) is 90.1 Å². The molecular weight excluding hydrogens is 475 g/mol. The molecule has 0 aliphatic rings. The first-order chi connectivity index (χ1) is 13.0. The maximum absolute atomic E-state index is 5.59. The number of benzene rings is 1. The van der Waals surface area contributed by atoms with Crippen molar-refractivity contribution in [2.24, 2.45) is 4.99 Å². The largest absolute Gasteiger partial charge is 0.493 e. The van der Waals surface area contributed by atoms with Crippen molar-refractivity contribution in [1.29, 1.82) is 0 Å². The molecule has 0 aliphatic carbocycles. The summed E-state index contributed by atoms with van der Waals surface area (Å²) in [4.78, 5) is 8.97. The van der Waals surface area contributed by atoms with Crippen LogP contribution >= 0.6 is 24.0 Å². The molecule has 0 aliphatic heterocycles. The van der Waals surface area contributed by atoms with Gasteiger partial charge in [0.15, 0.2) is 17.5 Å². The van der Waals surface area contributed by atoms with Gasteiger partial charge in [0.1, 0.15) is 5.76 Å². The van der Waals surface area contributed by atoms with Crippen molar-refractivity contribution >= 4 is 29.9 Å². The summed E-state index contributed by atoms with van der Waals surface area (Å²) in [5.41, 5.74) is 1.83. The highest BCUT2D eigenvalue weighted by Crippen LogP contribution is 2.38. The van der Waals surface area contributed by atoms with Gasteiger partial charge in [0, 0.05) is 6.54 Å². The van der Waals surface area contributed by atoms with Crippen LogP contribution in [-0.4, -0.2) is 38.8 Å². The first-order valence-electron chi connectivity index (χ1n) is 8.76. The molecule has 9 heteroatoms. The van der Waals surface area contributed by atoms with Gasteiger partial charge in [0.25, 0.3) is 0 Å². The van der Waals surface area contributed by atoms with E-state index in [4.69, 9.17) is 18.6 Å². The predicted octanol–water partition coefficient (Wildman–Crippen LogP) is 3.19. The first kappa shape index (κ1) is 23.9. The lowest BCUT2D eigenvalue weighted by atomic mass is 10.2. The Morgan fingerprint density at radius 2 is 1.71 bits per heavy atom. The number of aromatic nitrogens is 1. The van der Waals surface area contributed by atoms with Crippen LogP contribution in [0.4, 0.5) is 0 Å². The molecule has 0 bridgehead atoms. The molecule has 156 valence electrons. The summed E-state index contributed by atoms with van der Waals surface area (Å²) in [5.74, 6) is 3.89. The van der Waals surface area contributed by atoms with E-state index in [9.17, 15) is 0 Å². The van der Waals surface area contributed by atoms with Gasteiger partial charge in [-0.15, -0.1) is 24.0 Å². The number of aliphatic imine (C=N–C) groups is 1. The van der Waals surface area contributed by atoms with Crippen LogP contribution in [0.5, 0.6) is 17.2 Å². The Morgan fingerprint density at radius 3 is 2.18 bits per heavy atom. The molecule has 28 heavy (non-hydrogen) atoms. The number of ether oxygens (including phenoxy) is 3. The van der Waals surface area contributed by atoms with Crippen molar-refractivity contribution < 1.29 is 18.6 Å². The van der Waals surface area contributed by atoms with Crippen LogP contribution in [0.15, 0.2) is 21.5 Å². The summed E-state index contributed by atoms with van der Waals surface area (Å²) in [7, 11) is 4.77. The monoisotopic (exact) mass is 504 g/mol. The number of nitrogens with one attached hydrogen (secondary N) is 2. The second kappa shape index (κ2) is 11.6. The second-order valence-corrected chi connectivity index (χ2v) is 5.83. The minimum Gasteiger partial charge on any atom is -0.493 e. The molecule has 0 fully saturated rings. The van der Waals surface area contributed by atoms with E-state index in [1.807, 2.05) is 32.9 Å². The molecule has 0 saturated heterocycles. The van der Waals surface area contributed by atoms with Gasteiger partial charge in [-0.3, -0.25) is 0 Å². The molecule has 1 aromatic heterocycles. The van der Waals surface area contributed by atoms with Crippen LogP contribution in [0.2, 0.25) is 0 Å². The minimum atomic E-state index is 0. The summed E-state index contributed by atoms with van der Waals surface area (Å²) < 4.78 is 21.7. The second-order valence-electron chi connectivity index (χ2n) is 5.83. The van der Waals surface area contributed by atoms with Gasteiger partial charge in [-0.2, -0.15) is 0 Å². The molecule has 0 spiro atoms. The summed E-state index contributed by atoms with van der Waals surface area (Å²) in [5, 5.41) is 6.43. The van der Waals surface area contributed by atoms with Crippen LogP contribution in [-0.2, 0) is 13.1 Å². The van der Waals surface area contributed by atoms with Crippen LogP contribution in [0.3, 0.4) is 0 Å². The Labute approximate surface area is 183 Å². The molecule has 1 heterocycles. The molecule has 0 amide bonds. The first-order valence-corrected chi connectivity index (χ1v) is 8.76. The third kappa shape index (κ3) is 6.18. The number of rotatable bonds is 8. The Balaban J connectivity index is 0.00000392. The Kier molecular flexibility index (Phi) is 9.91. The lowest BCUT2D eigenvalue weighted by Crippen LogP contribution is -2.36. The van der Waals surface area contributed by atoms with Gasteiger partial charge < -0.3 is 29.3 Å². The molecule has 2 rings (SSSR count). The summed E-state index contributed by atoms with van der Waals surface area (Å²) >= 11 is 0. The van der Waals surface area contributed by atoms with Crippen molar-refractivity contribution in [2.75, 3.05) is 27.9 Å². The average molecular weight is 504 g/mol. The van der Waals surface area contributed by atoms with Gasteiger partial charge in [0.05, 0.1) is 40.1 Å². The van der Waals surface area contributed by atoms with E-state index in [1.54, 1.807) is 21.3 Å². The fourth-order valence-electron chi connectivity index (χ4n) is 2.51. The third-order valence-electron chi connectivity index (χ3n) is 3.97. The molecule has 0 radical (unpaired) electrons. The maximum atomic E-state index is 5.59. The molecule has 0 unspecified atom stereocenters. The third-order valence-corrected chi connectivity index (χ3v) is 3.97. The number of nitrogens with zero attached hydrogens (tertiary/aromatic N) is 2. The number of hydrogen-bond donors (Lipinski definition) is 2. The molecular formula is C19H29IN4O4. The highest BCUT2D eigenvalue weighted by molar-refractivity contribution is 14.0. The van der Waals surface area contributed by atoms with Crippen LogP contribution < -0.4 is 24.8 Å². The lowest BCUT2D eigenvalue weighted by molar-refractivity contribution is 0.324. The number of oxazole rings is 1. The van der Waals surface area contributed by atoms with Gasteiger partial charge in [-0.1, -0.05) is 0 Å². The van der Waals surface area contributed by atoms with Crippen molar-refractivity contribution in [3.8, 4) is 17.2 Å². The number of guanidine groups is 1. The Bertz CT molecular complexity index is 748. The van der Waals surface area contributed by atoms with Crippen molar-refractivity contribution in [1.82, 2.24) is 15.6 Å². The van der Waals surface area contributed by atoms with Crippen LogP contribution in [0.25, 0.3) is 0 Å². The fraction of sp³-hybridized carbons (Fsp3) is 0.474. The number of aryl methyl sites for hydroxylation is 2. The lowest BCUT2D eigenvalue weighted by Gasteiger charge is -2.14. The van der Waals surface area contributed by atoms with Crippen molar-refractivity contribution in [3.05, 3.63) is 35.0 Å². The zero-order valence-electron chi connectivity index (χ0n) is 17.2. The quantitative estimate of drug-likeness (QED) is 0.324. The number of methoxy groups -OCH3 is 3. The summed E-state index contributed by atoms with van der Waals surface area (Å²) in [6, 6.07) is 3.77. The SMILES string of the molecule is CCNC(=NCc1cc(OC)c(OC)c(OC)c1)NCc1nc(C)c(C)o1.I. The predicted molar refractivity (Wildman–Crippen MR) is 119 cm³/mol. The molecule has 2 aromatic rings. The highest BCUT2D eigenvalue weighted by Gasteiger charge is 2.13. The normalized spacial score (nSPS) is 10.9. The molecule has 2 N–H and O–H groups in total. The summed E-state index contributed by atoms with van der Waals surface area (Å²) in [6.07, 6.45) is 0. The Hall–Kier alpha value is -2.17. The zero-order chi connectivity index (χ0) is 19.8. The minimum absolute atomic E-state index is 0. The highest BCUT2D eigenvalue weighted by atomic mass is 127. The van der Waals surface area contributed by atoms with E-state index in [1.165, 1.54) is 0 Å². The smallest absolute Gasteiger partial charge is 0.214 e. The standard InChI is InChI=1S/C19H28N4O4.HI/c1-7-20-19(22-11-17-23-12(2)13(3)27-17)21-10-14-8-15(24-4)18(26-6)16(9-14)25-5;/h8-9H,7,10-11H2,1-6H3,(H2,20,21,22);1H. The molecule has 1 aromatic carbocycles. The van der Waals surface area contributed by atoms with Gasteiger partial charge in [-0.05, 0) is 38.5 Å². The van der Waals surface area contributed by atoms with Gasteiger partial charge in [0.2, 0.25) is 11.6 Å². The van der Waals surface area contributed by atoms with Gasteiger partial charge in [-0.25, -0.2) is 9.98 Å². The van der Waals surface area contributed by atoms with Crippen LogP contribution in [0.1, 0.15) is 29.8 Å². The van der Waals surface area contributed by atoms with E-state index in [0.717, 1.165) is 23.6 Å². The van der Waals surface area contributed by atoms with E-state index < -0.39 is 0 Å². The fourth-order valence-corrected chi connectivity index (χ4v) is 2.51. The van der Waals surface area contributed by atoms with Crippen molar-refractivity contribution in [2.45, 2.75) is 33.9 Å². The van der Waals surface area contributed by atoms with E-state index >= 15 is 0 Å². The van der Waals surface area contributed by atoms with Crippen LogP contribution in [0, 0.1) is 13.8 Å². The maximum Gasteiger partial charge on any atom is 0.214 e. The molecule has 0 atom stereocenters. The zero-order valence-corrected chi connectivity index (χ0v) is 19.5. The molecule has 0 saturated carbocycles.